The van der Waals surface area contributed by atoms with Crippen LogP contribution in [0.4, 0.5) is 25.1 Å². The number of rotatable bonds is 6. The fraction of sp³-hybridized carbons (Fsp3) is 0.321. The molecule has 226 valence electrons. The van der Waals surface area contributed by atoms with Crippen molar-refractivity contribution >= 4 is 38.7 Å². The van der Waals surface area contributed by atoms with Crippen LogP contribution in [0.1, 0.15) is 20.8 Å². The number of carbonyl (C=O) groups excluding carboxylic acids is 1. The largest absolute Gasteiger partial charge is 0.480 e. The average molecular weight is 614 g/mol. The van der Waals surface area contributed by atoms with Gasteiger partial charge in [0.15, 0.2) is 10.5 Å². The van der Waals surface area contributed by atoms with E-state index in [1.54, 1.807) is 11.0 Å². The monoisotopic (exact) mass is 613 g/mol. The zero-order chi connectivity index (χ0) is 30.9. The van der Waals surface area contributed by atoms with Crippen molar-refractivity contribution in [1.29, 1.82) is 0 Å². The fourth-order valence-electron chi connectivity index (χ4n) is 4.55. The van der Waals surface area contributed by atoms with Gasteiger partial charge in [0.05, 0.1) is 12.5 Å². The first kappa shape index (κ1) is 29.8. The number of hydrogen-bond donors (Lipinski definition) is 1. The van der Waals surface area contributed by atoms with E-state index in [1.165, 1.54) is 31.9 Å². The van der Waals surface area contributed by atoms with Crippen LogP contribution in [-0.4, -0.2) is 78.2 Å². The molecule has 12 nitrogen and oxygen atoms in total. The lowest BCUT2D eigenvalue weighted by atomic mass is 10.1. The Bertz CT molecular complexity index is 1770. The maximum atomic E-state index is 14.3. The number of anilines is 2. The minimum Gasteiger partial charge on any atom is -0.480 e. The van der Waals surface area contributed by atoms with Gasteiger partial charge in [-0.25, -0.2) is 41.9 Å². The Kier molecular flexibility index (Phi) is 8.01. The Hall–Kier alpha value is -4.66. The molecule has 1 N–H and O–H groups in total. The Morgan fingerprint density at radius 3 is 2.26 bits per heavy atom. The number of nitrogens with one attached hydrogen (secondary N) is 1. The number of halogens is 2. The molecule has 5 rings (SSSR count). The quantitative estimate of drug-likeness (QED) is 0.336. The molecule has 1 saturated heterocycles. The van der Waals surface area contributed by atoms with Crippen molar-refractivity contribution in [2.45, 2.75) is 31.3 Å². The summed E-state index contributed by atoms with van der Waals surface area (Å²) in [7, 11) is -3.40. The van der Waals surface area contributed by atoms with E-state index in [0.717, 1.165) is 18.2 Å². The van der Waals surface area contributed by atoms with Crippen molar-refractivity contribution in [2.24, 2.45) is 0 Å². The van der Waals surface area contributed by atoms with Crippen LogP contribution in [0, 0.1) is 11.6 Å². The molecule has 0 aliphatic carbocycles. The van der Waals surface area contributed by atoms with E-state index in [-0.39, 0.29) is 17.7 Å². The molecule has 1 fully saturated rings. The van der Waals surface area contributed by atoms with Gasteiger partial charge in [-0.05, 0) is 45.0 Å². The van der Waals surface area contributed by atoms with Gasteiger partial charge in [-0.1, -0.05) is 6.07 Å². The number of amides is 1. The van der Waals surface area contributed by atoms with E-state index >= 15 is 0 Å². The number of methoxy groups -OCH3 is 1. The van der Waals surface area contributed by atoms with Crippen LogP contribution in [0.5, 0.6) is 5.88 Å². The number of aromatic nitrogens is 4. The standard InChI is InChI=1S/C28H29F2N7O5S/c1-28(2,3)42-27(38)37-10-8-36(9-11-37)25-19-12-17(14-31-24(19)33-16-34-25)18-13-22(26(41-4)32-15-18)35-43(39,40)23-20(29)6-5-7-21(23)30/h5-7,12-16,35H,8-11H2,1-4H3. The number of hydrogen-bond acceptors (Lipinski definition) is 10. The summed E-state index contributed by atoms with van der Waals surface area (Å²) >= 11 is 0. The summed E-state index contributed by atoms with van der Waals surface area (Å²) in [5.74, 6) is -1.98. The van der Waals surface area contributed by atoms with Crippen molar-refractivity contribution in [2.75, 3.05) is 42.9 Å². The summed E-state index contributed by atoms with van der Waals surface area (Å²) in [5, 5.41) is 0.622. The van der Waals surface area contributed by atoms with Crippen LogP contribution in [0.3, 0.4) is 0 Å². The first-order valence-corrected chi connectivity index (χ1v) is 14.7. The number of carbonyl (C=O) groups is 1. The SMILES string of the molecule is COc1ncc(-c2cnc3ncnc(N4CCN(C(=O)OC(C)(C)C)CC4)c3c2)cc1NS(=O)(=O)c1c(F)cccc1F. The molecule has 1 aliphatic rings. The van der Waals surface area contributed by atoms with Crippen molar-refractivity contribution < 1.29 is 31.5 Å². The number of nitrogens with zero attached hydrogens (tertiary/aromatic N) is 6. The zero-order valence-corrected chi connectivity index (χ0v) is 24.7. The van der Waals surface area contributed by atoms with E-state index < -0.39 is 32.2 Å². The molecule has 4 aromatic rings. The van der Waals surface area contributed by atoms with Crippen LogP contribution in [-0.2, 0) is 14.8 Å². The van der Waals surface area contributed by atoms with E-state index in [2.05, 4.69) is 24.7 Å². The van der Waals surface area contributed by atoms with Gasteiger partial charge in [0.1, 0.15) is 35.1 Å². The molecule has 15 heteroatoms. The summed E-state index contributed by atoms with van der Waals surface area (Å²) in [4.78, 5) is 32.4. The predicted octanol–water partition coefficient (Wildman–Crippen LogP) is 4.23. The van der Waals surface area contributed by atoms with Crippen molar-refractivity contribution in [3.8, 4) is 17.0 Å². The first-order valence-electron chi connectivity index (χ1n) is 13.2. The van der Waals surface area contributed by atoms with E-state index in [4.69, 9.17) is 9.47 Å². The van der Waals surface area contributed by atoms with Crippen molar-refractivity contribution in [1.82, 2.24) is 24.8 Å². The topological polar surface area (TPSA) is 140 Å². The maximum absolute atomic E-state index is 14.3. The number of pyridine rings is 2. The molecule has 1 aromatic carbocycles. The van der Waals surface area contributed by atoms with Gasteiger partial charge in [-0.3, -0.25) is 4.72 Å². The number of sulfonamides is 1. The Morgan fingerprint density at radius 1 is 0.953 bits per heavy atom. The van der Waals surface area contributed by atoms with Gasteiger partial charge in [-0.15, -0.1) is 0 Å². The predicted molar refractivity (Wildman–Crippen MR) is 154 cm³/mol. The number of ether oxygens (including phenoxy) is 2. The third-order valence-corrected chi connectivity index (χ3v) is 7.92. The lowest BCUT2D eigenvalue weighted by Crippen LogP contribution is -2.50. The van der Waals surface area contributed by atoms with Crippen LogP contribution < -0.4 is 14.4 Å². The van der Waals surface area contributed by atoms with Crippen LogP contribution in [0.15, 0.2) is 53.9 Å². The molecule has 1 amide bonds. The average Bonchev–Trinajstić information content (AvgIpc) is 2.95. The second-order valence-corrected chi connectivity index (χ2v) is 12.3. The normalized spacial score (nSPS) is 14.1. The van der Waals surface area contributed by atoms with E-state index in [9.17, 15) is 22.0 Å². The zero-order valence-electron chi connectivity index (χ0n) is 23.8. The van der Waals surface area contributed by atoms with E-state index in [0.29, 0.717) is 54.2 Å². The maximum Gasteiger partial charge on any atom is 0.410 e. The smallest absolute Gasteiger partial charge is 0.410 e. The third kappa shape index (κ3) is 6.40. The van der Waals surface area contributed by atoms with Crippen LogP contribution in [0.2, 0.25) is 0 Å². The Morgan fingerprint density at radius 2 is 1.60 bits per heavy atom. The lowest BCUT2D eigenvalue weighted by molar-refractivity contribution is 0.0240. The molecular formula is C28H29F2N7O5S. The number of piperazine rings is 1. The highest BCUT2D eigenvalue weighted by Gasteiger charge is 2.28. The van der Waals surface area contributed by atoms with Gasteiger partial charge >= 0.3 is 6.09 Å². The Balaban J connectivity index is 1.44. The molecule has 0 spiro atoms. The third-order valence-electron chi connectivity index (χ3n) is 6.51. The van der Waals surface area contributed by atoms with Gasteiger partial charge in [-0.2, -0.15) is 0 Å². The minimum atomic E-state index is -4.68. The number of fused-ring (bicyclic) bond motifs is 1. The fourth-order valence-corrected chi connectivity index (χ4v) is 5.74. The highest BCUT2D eigenvalue weighted by molar-refractivity contribution is 7.92. The summed E-state index contributed by atoms with van der Waals surface area (Å²) in [6.07, 6.45) is 4.03. The highest BCUT2D eigenvalue weighted by atomic mass is 32.2. The van der Waals surface area contributed by atoms with Gasteiger partial charge in [0.25, 0.3) is 10.0 Å². The summed E-state index contributed by atoms with van der Waals surface area (Å²) < 4.78 is 67.3. The van der Waals surface area contributed by atoms with Crippen molar-refractivity contribution in [3.05, 3.63) is 60.7 Å². The summed E-state index contributed by atoms with van der Waals surface area (Å²) in [5.41, 5.74) is 0.685. The van der Waals surface area contributed by atoms with Gasteiger partial charge < -0.3 is 19.3 Å². The molecule has 0 saturated carbocycles. The summed E-state index contributed by atoms with van der Waals surface area (Å²) in [6.45, 7) is 7.31. The molecule has 0 atom stereocenters. The van der Waals surface area contributed by atoms with Crippen molar-refractivity contribution in [3.63, 3.8) is 0 Å². The minimum absolute atomic E-state index is 0.107. The number of benzene rings is 1. The lowest BCUT2D eigenvalue weighted by Gasteiger charge is -2.36. The second kappa shape index (κ2) is 11.6. The molecule has 0 unspecified atom stereocenters. The first-order chi connectivity index (χ1) is 20.4. The van der Waals surface area contributed by atoms with Crippen LogP contribution in [0.25, 0.3) is 22.2 Å². The van der Waals surface area contributed by atoms with Gasteiger partial charge in [0.2, 0.25) is 5.88 Å². The van der Waals surface area contributed by atoms with E-state index in [1.807, 2.05) is 25.7 Å². The van der Waals surface area contributed by atoms with Gasteiger partial charge in [0, 0.05) is 49.7 Å². The highest BCUT2D eigenvalue weighted by Crippen LogP contribution is 2.33. The Labute approximate surface area is 246 Å². The molecule has 3 aromatic heterocycles. The molecule has 4 heterocycles. The second-order valence-electron chi connectivity index (χ2n) is 10.7. The molecule has 0 bridgehead atoms. The van der Waals surface area contributed by atoms with Crippen LogP contribution >= 0.6 is 0 Å². The molecule has 0 radical (unpaired) electrons. The molecular weight excluding hydrogens is 584 g/mol. The summed E-state index contributed by atoms with van der Waals surface area (Å²) in [6, 6.07) is 5.98. The molecule has 43 heavy (non-hydrogen) atoms. The molecule has 1 aliphatic heterocycles.